The molecule has 114 valence electrons. The molecule has 1 aromatic rings. The summed E-state index contributed by atoms with van der Waals surface area (Å²) in [5.41, 5.74) is 0.506. The highest BCUT2D eigenvalue weighted by molar-refractivity contribution is 5.68. The Morgan fingerprint density at radius 2 is 2.05 bits per heavy atom. The molecule has 2 N–H and O–H groups in total. The molecule has 1 atom stereocenters. The van der Waals surface area contributed by atoms with Gasteiger partial charge in [0.25, 0.3) is 5.69 Å². The molecule has 0 aromatic heterocycles. The van der Waals surface area contributed by atoms with Crippen LogP contribution in [0, 0.1) is 10.1 Å². The number of hydrogen-bond acceptors (Lipinski definition) is 6. The molecule has 0 bridgehead atoms. The number of fused-ring (bicyclic) bond motifs is 1. The smallest absolute Gasteiger partial charge is 0.296 e. The van der Waals surface area contributed by atoms with Crippen molar-refractivity contribution in [3.8, 4) is 11.5 Å². The zero-order valence-corrected chi connectivity index (χ0v) is 11.8. The van der Waals surface area contributed by atoms with E-state index in [0.717, 1.165) is 13.0 Å². The van der Waals surface area contributed by atoms with Gasteiger partial charge in [-0.3, -0.25) is 10.1 Å². The van der Waals surface area contributed by atoms with Crippen LogP contribution in [0.5, 0.6) is 11.5 Å². The van der Waals surface area contributed by atoms with E-state index in [2.05, 4.69) is 10.6 Å². The monoisotopic (exact) mass is 293 g/mol. The number of nitrogens with one attached hydrogen (secondary N) is 2. The van der Waals surface area contributed by atoms with Crippen molar-refractivity contribution in [2.75, 3.05) is 31.6 Å². The Morgan fingerprint density at radius 3 is 2.71 bits per heavy atom. The third kappa shape index (κ3) is 3.18. The molecule has 2 heterocycles. The lowest BCUT2D eigenvalue weighted by Crippen LogP contribution is -2.39. The molecule has 3 rings (SSSR count). The summed E-state index contributed by atoms with van der Waals surface area (Å²) in [6.07, 6.45) is 3.48. The maximum absolute atomic E-state index is 11.2. The summed E-state index contributed by atoms with van der Waals surface area (Å²) in [5, 5.41) is 17.8. The van der Waals surface area contributed by atoms with Crippen LogP contribution in [0.15, 0.2) is 12.1 Å². The molecule has 0 spiro atoms. The van der Waals surface area contributed by atoms with Gasteiger partial charge in [-0.2, -0.15) is 0 Å². The number of hydrogen-bond donors (Lipinski definition) is 2. The van der Waals surface area contributed by atoms with E-state index in [9.17, 15) is 10.1 Å². The van der Waals surface area contributed by atoms with Crippen LogP contribution in [0.2, 0.25) is 0 Å². The predicted octanol–water partition coefficient (Wildman–Crippen LogP) is 1.92. The highest BCUT2D eigenvalue weighted by atomic mass is 16.6. The number of nitrogens with zero attached hydrogens (tertiary/aromatic N) is 1. The van der Waals surface area contributed by atoms with Gasteiger partial charge in [0.15, 0.2) is 11.5 Å². The fraction of sp³-hybridized carbons (Fsp3) is 0.571. The number of nitro benzene ring substituents is 1. The summed E-state index contributed by atoms with van der Waals surface area (Å²) in [4.78, 5) is 10.8. The first kappa shape index (κ1) is 13.9. The minimum Gasteiger partial charge on any atom is -0.486 e. The molecule has 7 nitrogen and oxygen atoms in total. The van der Waals surface area contributed by atoms with Gasteiger partial charge in [-0.15, -0.1) is 0 Å². The maximum atomic E-state index is 11.2. The van der Waals surface area contributed by atoms with Gasteiger partial charge in [0, 0.05) is 18.7 Å². The second-order valence-electron chi connectivity index (χ2n) is 5.30. The van der Waals surface area contributed by atoms with Crippen LogP contribution in [0.3, 0.4) is 0 Å². The second-order valence-corrected chi connectivity index (χ2v) is 5.30. The quantitative estimate of drug-likeness (QED) is 0.651. The van der Waals surface area contributed by atoms with Crippen LogP contribution >= 0.6 is 0 Å². The first-order chi connectivity index (χ1) is 10.2. The van der Waals surface area contributed by atoms with Crippen molar-refractivity contribution in [2.45, 2.75) is 25.3 Å². The molecule has 21 heavy (non-hydrogen) atoms. The lowest BCUT2D eigenvalue weighted by molar-refractivity contribution is -0.384. The molecule has 1 fully saturated rings. The number of nitro groups is 1. The Kier molecular flexibility index (Phi) is 4.10. The van der Waals surface area contributed by atoms with Crippen molar-refractivity contribution in [1.82, 2.24) is 5.32 Å². The van der Waals surface area contributed by atoms with E-state index in [1.165, 1.54) is 18.9 Å². The molecular weight excluding hydrogens is 274 g/mol. The van der Waals surface area contributed by atoms with E-state index >= 15 is 0 Å². The Morgan fingerprint density at radius 1 is 1.29 bits per heavy atom. The second kappa shape index (κ2) is 6.17. The third-order valence-corrected chi connectivity index (χ3v) is 3.81. The van der Waals surface area contributed by atoms with Crippen LogP contribution in [-0.4, -0.2) is 37.3 Å². The van der Waals surface area contributed by atoms with Crippen LogP contribution in [0.25, 0.3) is 0 Å². The van der Waals surface area contributed by atoms with Crippen LogP contribution < -0.4 is 20.1 Å². The van der Waals surface area contributed by atoms with Crippen molar-refractivity contribution >= 4 is 11.4 Å². The fourth-order valence-corrected chi connectivity index (χ4v) is 2.70. The molecule has 0 radical (unpaired) electrons. The number of anilines is 1. The topological polar surface area (TPSA) is 85.7 Å². The van der Waals surface area contributed by atoms with E-state index in [1.807, 2.05) is 0 Å². The fourth-order valence-electron chi connectivity index (χ4n) is 2.70. The summed E-state index contributed by atoms with van der Waals surface area (Å²) < 4.78 is 10.9. The Bertz CT molecular complexity index is 529. The van der Waals surface area contributed by atoms with E-state index in [4.69, 9.17) is 9.47 Å². The first-order valence-corrected chi connectivity index (χ1v) is 7.29. The van der Waals surface area contributed by atoms with Gasteiger partial charge >= 0.3 is 0 Å². The van der Waals surface area contributed by atoms with Gasteiger partial charge in [0.1, 0.15) is 18.9 Å². The lowest BCUT2D eigenvalue weighted by Gasteiger charge is -2.24. The predicted molar refractivity (Wildman–Crippen MR) is 78.2 cm³/mol. The van der Waals surface area contributed by atoms with Gasteiger partial charge in [-0.1, -0.05) is 6.42 Å². The molecule has 7 heteroatoms. The van der Waals surface area contributed by atoms with E-state index in [-0.39, 0.29) is 5.69 Å². The number of rotatable bonds is 4. The zero-order chi connectivity index (χ0) is 14.7. The lowest BCUT2D eigenvalue weighted by atomic mass is 10.0. The van der Waals surface area contributed by atoms with E-state index in [0.29, 0.717) is 43.0 Å². The van der Waals surface area contributed by atoms with Gasteiger partial charge in [0.2, 0.25) is 0 Å². The Balaban J connectivity index is 1.77. The highest BCUT2D eigenvalue weighted by Gasteiger charge is 2.23. The molecule has 1 unspecified atom stereocenters. The average molecular weight is 293 g/mol. The van der Waals surface area contributed by atoms with Crippen molar-refractivity contribution in [3.05, 3.63) is 22.2 Å². The van der Waals surface area contributed by atoms with E-state index in [1.54, 1.807) is 6.07 Å². The molecule has 2 aliphatic heterocycles. The molecule has 2 aliphatic rings. The molecule has 0 aliphatic carbocycles. The van der Waals surface area contributed by atoms with Gasteiger partial charge in [0.05, 0.1) is 11.0 Å². The van der Waals surface area contributed by atoms with Crippen LogP contribution in [0.4, 0.5) is 11.4 Å². The summed E-state index contributed by atoms with van der Waals surface area (Å²) in [6.45, 7) is 2.56. The normalized spacial score (nSPS) is 20.9. The number of ether oxygens (including phenoxy) is 2. The summed E-state index contributed by atoms with van der Waals surface area (Å²) in [7, 11) is 0. The number of benzene rings is 1. The van der Waals surface area contributed by atoms with Crippen LogP contribution in [0.1, 0.15) is 19.3 Å². The van der Waals surface area contributed by atoms with Gasteiger partial charge < -0.3 is 20.1 Å². The van der Waals surface area contributed by atoms with Crippen LogP contribution in [-0.2, 0) is 0 Å². The van der Waals surface area contributed by atoms with Crippen molar-refractivity contribution in [3.63, 3.8) is 0 Å². The highest BCUT2D eigenvalue weighted by Crippen LogP contribution is 2.39. The standard InChI is InChI=1S/C14H19N3O4/c18-17(19)12-8-14-13(20-5-6-21-14)7-11(12)16-9-10-3-1-2-4-15-10/h7-8,10,15-16H,1-6,9H2. The molecule has 1 saturated heterocycles. The molecule has 1 aromatic carbocycles. The largest absolute Gasteiger partial charge is 0.486 e. The SMILES string of the molecule is O=[N+]([O-])c1cc2c(cc1NCC1CCCCN1)OCCO2. The van der Waals surface area contributed by atoms with Crippen molar-refractivity contribution < 1.29 is 14.4 Å². The van der Waals surface area contributed by atoms with Gasteiger partial charge in [-0.25, -0.2) is 0 Å². The summed E-state index contributed by atoms with van der Waals surface area (Å²) in [6, 6.07) is 3.45. The minimum absolute atomic E-state index is 0.0232. The first-order valence-electron chi connectivity index (χ1n) is 7.29. The van der Waals surface area contributed by atoms with Crippen molar-refractivity contribution in [2.24, 2.45) is 0 Å². The Labute approximate surface area is 122 Å². The van der Waals surface area contributed by atoms with Gasteiger partial charge in [-0.05, 0) is 19.4 Å². The Hall–Kier alpha value is -2.02. The summed E-state index contributed by atoms with van der Waals surface area (Å²) >= 11 is 0. The van der Waals surface area contributed by atoms with E-state index < -0.39 is 4.92 Å². The van der Waals surface area contributed by atoms with Crippen molar-refractivity contribution in [1.29, 1.82) is 0 Å². The summed E-state index contributed by atoms with van der Waals surface area (Å²) in [5.74, 6) is 1.00. The number of piperidine rings is 1. The molecule has 0 saturated carbocycles. The molecular formula is C14H19N3O4. The molecule has 0 amide bonds. The zero-order valence-electron chi connectivity index (χ0n) is 11.8. The third-order valence-electron chi connectivity index (χ3n) is 3.81. The minimum atomic E-state index is -0.394. The average Bonchev–Trinajstić information content (AvgIpc) is 2.53. The maximum Gasteiger partial charge on any atom is 0.296 e.